The van der Waals surface area contributed by atoms with Gasteiger partial charge in [-0.25, -0.2) is 0 Å². The summed E-state index contributed by atoms with van der Waals surface area (Å²) in [5.74, 6) is 0.704. The van der Waals surface area contributed by atoms with Gasteiger partial charge in [-0.2, -0.15) is 0 Å². The normalized spacial score (nSPS) is 11.3. The van der Waals surface area contributed by atoms with Crippen LogP contribution in [0, 0.1) is 0 Å². The van der Waals surface area contributed by atoms with Crippen molar-refractivity contribution in [3.8, 4) is 5.75 Å². The molecule has 0 saturated carbocycles. The van der Waals surface area contributed by atoms with Crippen molar-refractivity contribution < 1.29 is 61.6 Å². The summed E-state index contributed by atoms with van der Waals surface area (Å²) in [7, 11) is 1.64. The van der Waals surface area contributed by atoms with Crippen molar-refractivity contribution in [1.29, 1.82) is 0 Å². The van der Waals surface area contributed by atoms with E-state index < -0.39 is 0 Å². The van der Waals surface area contributed by atoms with Gasteiger partial charge in [-0.05, 0) is 24.3 Å². The molecule has 0 fully saturated rings. The molecule has 1 aromatic carbocycles. The van der Waals surface area contributed by atoms with Crippen molar-refractivity contribution in [3.05, 3.63) is 29.8 Å². The molecule has 0 N–H and O–H groups in total. The number of hydrogen-bond donors (Lipinski definition) is 0. The van der Waals surface area contributed by atoms with Crippen molar-refractivity contribution in [1.82, 2.24) is 0 Å². The van der Waals surface area contributed by atoms with Gasteiger partial charge in [0.25, 0.3) is 0 Å². The zero-order chi connectivity index (χ0) is 30.7. The Kier molecular flexibility index (Phi) is 30.3. The molecule has 0 atom stereocenters. The van der Waals surface area contributed by atoms with E-state index in [1.807, 2.05) is 0 Å². The lowest BCUT2D eigenvalue weighted by atomic mass is 10.2. The van der Waals surface area contributed by atoms with Crippen LogP contribution in [0.4, 0.5) is 0 Å². The van der Waals surface area contributed by atoms with E-state index in [0.29, 0.717) is 157 Å². The summed E-state index contributed by atoms with van der Waals surface area (Å²) in [5, 5.41) is 0. The first kappa shape index (κ1) is 39.3. The fraction of sp³-hybridized carbons (Fsp3) is 0.767. The minimum absolute atomic E-state index is 0.432. The van der Waals surface area contributed by atoms with Crippen molar-refractivity contribution in [2.24, 2.45) is 0 Å². The molecule has 0 heterocycles. The van der Waals surface area contributed by atoms with Crippen LogP contribution in [0.2, 0.25) is 0 Å². The number of hydrogen-bond acceptors (Lipinski definition) is 13. The molecule has 13 nitrogen and oxygen atoms in total. The minimum Gasteiger partial charge on any atom is -0.491 e. The highest BCUT2D eigenvalue weighted by molar-refractivity contribution is 5.74. The first-order valence-electron chi connectivity index (χ1n) is 14.8. The molecule has 43 heavy (non-hydrogen) atoms. The Morgan fingerprint density at radius 1 is 0.395 bits per heavy atom. The van der Waals surface area contributed by atoms with E-state index in [4.69, 9.17) is 56.8 Å². The number of benzene rings is 1. The fourth-order valence-corrected chi connectivity index (χ4v) is 3.08. The third-order valence-corrected chi connectivity index (χ3v) is 5.29. The van der Waals surface area contributed by atoms with E-state index in [9.17, 15) is 4.79 Å². The van der Waals surface area contributed by atoms with Crippen LogP contribution in [0.5, 0.6) is 5.75 Å². The Morgan fingerprint density at radius 3 is 0.907 bits per heavy atom. The molecule has 0 saturated heterocycles. The van der Waals surface area contributed by atoms with Gasteiger partial charge < -0.3 is 56.8 Å². The third kappa shape index (κ3) is 28.8. The molecule has 1 rings (SSSR count). The van der Waals surface area contributed by atoms with Gasteiger partial charge in [0, 0.05) is 12.7 Å². The summed E-state index contributed by atoms with van der Waals surface area (Å²) in [5.41, 5.74) is 0.618. The predicted octanol–water partition coefficient (Wildman–Crippen LogP) is 1.69. The van der Waals surface area contributed by atoms with Gasteiger partial charge in [-0.15, -0.1) is 0 Å². The molecular formula is C30H52O13. The lowest BCUT2D eigenvalue weighted by molar-refractivity contribution is -0.0273. The fourth-order valence-electron chi connectivity index (χ4n) is 3.08. The van der Waals surface area contributed by atoms with Crippen LogP contribution in [-0.2, 0) is 52.1 Å². The highest BCUT2D eigenvalue weighted by Gasteiger charge is 1.97. The van der Waals surface area contributed by atoms with E-state index in [1.165, 1.54) is 0 Å². The Hall–Kier alpha value is -1.75. The van der Waals surface area contributed by atoms with Crippen LogP contribution in [0.3, 0.4) is 0 Å². The topological polar surface area (TPSA) is 128 Å². The summed E-state index contributed by atoms with van der Waals surface area (Å²) in [6.45, 7) is 11.2. The van der Waals surface area contributed by atoms with Gasteiger partial charge in [-0.3, -0.25) is 4.79 Å². The Balaban J connectivity index is 1.64. The van der Waals surface area contributed by atoms with Gasteiger partial charge in [0.2, 0.25) is 0 Å². The van der Waals surface area contributed by atoms with E-state index in [-0.39, 0.29) is 0 Å². The molecule has 0 amide bonds. The van der Waals surface area contributed by atoms with Crippen LogP contribution in [0.1, 0.15) is 10.4 Å². The maximum Gasteiger partial charge on any atom is 0.150 e. The SMILES string of the molecule is COCCOCCOCCOCCOCCOCCOCCOCCOCCOCCOCCOc1ccc(C=O)cc1. The van der Waals surface area contributed by atoms with Crippen LogP contribution in [0.25, 0.3) is 0 Å². The number of carbonyl (C=O) groups excluding carboxylic acids is 1. The van der Waals surface area contributed by atoms with Gasteiger partial charge in [0.15, 0.2) is 0 Å². The zero-order valence-corrected chi connectivity index (χ0v) is 25.8. The number of methoxy groups -OCH3 is 1. The molecule has 0 spiro atoms. The summed E-state index contributed by atoms with van der Waals surface area (Å²) < 4.78 is 64.8. The number of rotatable bonds is 35. The van der Waals surface area contributed by atoms with E-state index in [2.05, 4.69) is 0 Å². The first-order valence-corrected chi connectivity index (χ1v) is 14.8. The highest BCUT2D eigenvalue weighted by atomic mass is 16.6. The summed E-state index contributed by atoms with van der Waals surface area (Å²) in [6.07, 6.45) is 0.798. The standard InChI is InChI=1S/C30H52O13/c1-32-6-7-33-8-9-34-10-11-35-12-13-36-14-15-37-16-17-38-18-19-39-20-21-40-22-23-41-24-25-42-26-27-43-30-4-2-29(28-31)3-5-30/h2-5,28H,6-27H2,1H3. The second-order valence-electron chi connectivity index (χ2n) is 8.65. The molecule has 1 aromatic rings. The monoisotopic (exact) mass is 620 g/mol. The molecular weight excluding hydrogens is 568 g/mol. The molecule has 0 aromatic heterocycles. The quantitative estimate of drug-likeness (QED) is 0.0807. The average molecular weight is 621 g/mol. The number of carbonyl (C=O) groups is 1. The maximum atomic E-state index is 10.6. The predicted molar refractivity (Wildman–Crippen MR) is 157 cm³/mol. The summed E-state index contributed by atoms with van der Waals surface area (Å²) >= 11 is 0. The first-order chi connectivity index (χ1) is 21.4. The van der Waals surface area contributed by atoms with Gasteiger partial charge in [0.1, 0.15) is 18.6 Å². The van der Waals surface area contributed by atoms with Crippen LogP contribution < -0.4 is 4.74 Å². The molecule has 0 aliphatic rings. The van der Waals surface area contributed by atoms with Gasteiger partial charge in [0.05, 0.1) is 139 Å². The molecule has 250 valence electrons. The average Bonchev–Trinajstić information content (AvgIpc) is 3.03. The number of ether oxygens (including phenoxy) is 12. The van der Waals surface area contributed by atoms with Gasteiger partial charge in [-0.1, -0.05) is 0 Å². The molecule has 0 aliphatic heterocycles. The van der Waals surface area contributed by atoms with Crippen LogP contribution in [0.15, 0.2) is 24.3 Å². The Morgan fingerprint density at radius 2 is 0.651 bits per heavy atom. The number of aldehydes is 1. The molecule has 0 bridgehead atoms. The summed E-state index contributed by atoms with van der Waals surface area (Å²) in [4.78, 5) is 10.6. The highest BCUT2D eigenvalue weighted by Crippen LogP contribution is 2.10. The minimum atomic E-state index is 0.432. The second kappa shape index (κ2) is 33.1. The van der Waals surface area contributed by atoms with E-state index in [0.717, 1.165) is 6.29 Å². The van der Waals surface area contributed by atoms with Crippen LogP contribution >= 0.6 is 0 Å². The Labute approximate surface area is 256 Å². The van der Waals surface area contributed by atoms with E-state index in [1.54, 1.807) is 31.4 Å². The van der Waals surface area contributed by atoms with Crippen molar-refractivity contribution in [2.75, 3.05) is 152 Å². The molecule has 0 aliphatic carbocycles. The maximum absolute atomic E-state index is 10.6. The lowest BCUT2D eigenvalue weighted by Crippen LogP contribution is -2.15. The van der Waals surface area contributed by atoms with Crippen molar-refractivity contribution >= 4 is 6.29 Å². The largest absolute Gasteiger partial charge is 0.491 e. The smallest absolute Gasteiger partial charge is 0.150 e. The Bertz CT molecular complexity index is 693. The van der Waals surface area contributed by atoms with E-state index >= 15 is 0 Å². The second-order valence-corrected chi connectivity index (χ2v) is 8.65. The van der Waals surface area contributed by atoms with Crippen LogP contribution in [-0.4, -0.2) is 159 Å². The molecule has 13 heteroatoms. The lowest BCUT2D eigenvalue weighted by Gasteiger charge is -2.09. The van der Waals surface area contributed by atoms with Gasteiger partial charge >= 0.3 is 0 Å². The zero-order valence-electron chi connectivity index (χ0n) is 25.8. The van der Waals surface area contributed by atoms with Crippen molar-refractivity contribution in [2.45, 2.75) is 0 Å². The third-order valence-electron chi connectivity index (χ3n) is 5.29. The summed E-state index contributed by atoms with van der Waals surface area (Å²) in [6, 6.07) is 6.93. The molecule has 0 unspecified atom stereocenters. The van der Waals surface area contributed by atoms with Crippen molar-refractivity contribution in [3.63, 3.8) is 0 Å². The molecule has 0 radical (unpaired) electrons.